The van der Waals surface area contributed by atoms with E-state index >= 15 is 0 Å². The van der Waals surface area contributed by atoms with Gasteiger partial charge in [0.1, 0.15) is 5.60 Å². The molecule has 1 rings (SSSR count). The van der Waals surface area contributed by atoms with Crippen LogP contribution in [-0.4, -0.2) is 16.5 Å². The first-order valence-corrected chi connectivity index (χ1v) is 4.45. The van der Waals surface area contributed by atoms with Crippen LogP contribution in [0.3, 0.4) is 0 Å². The molecule has 1 N–H and O–H groups in total. The summed E-state index contributed by atoms with van der Waals surface area (Å²) in [4.78, 5) is 11.3. The number of hydrogen-bond donors (Lipinski definition) is 1. The molecule has 0 aromatic rings. The molecule has 11 heavy (non-hydrogen) atoms. The number of Topliss-reactive ketones (excluding diaryl/α,β-unsaturated/α-hetero) is 1. The molecule has 1 aliphatic rings. The van der Waals surface area contributed by atoms with E-state index in [1.165, 1.54) is 0 Å². The zero-order valence-corrected chi connectivity index (χ0v) is 7.10. The first-order chi connectivity index (χ1) is 5.19. The minimum Gasteiger partial charge on any atom is -0.382 e. The van der Waals surface area contributed by atoms with Crippen molar-refractivity contribution in [1.82, 2.24) is 0 Å². The molecule has 2 nitrogen and oxygen atoms in total. The summed E-state index contributed by atoms with van der Waals surface area (Å²) < 4.78 is 0. The van der Waals surface area contributed by atoms with Gasteiger partial charge in [-0.15, -0.1) is 0 Å². The highest BCUT2D eigenvalue weighted by atomic mass is 16.3. The predicted molar refractivity (Wildman–Crippen MR) is 43.3 cm³/mol. The van der Waals surface area contributed by atoms with Gasteiger partial charge in [-0.2, -0.15) is 0 Å². The fourth-order valence-corrected chi connectivity index (χ4v) is 1.75. The Hall–Kier alpha value is -0.370. The van der Waals surface area contributed by atoms with Gasteiger partial charge in [-0.25, -0.2) is 0 Å². The Morgan fingerprint density at radius 1 is 1.55 bits per heavy atom. The number of carbonyl (C=O) groups excluding carboxylic acids is 1. The molecule has 0 saturated heterocycles. The maximum atomic E-state index is 11.3. The molecular formula is C9H16O2. The van der Waals surface area contributed by atoms with Gasteiger partial charge in [0, 0.05) is 6.42 Å². The number of carbonyl (C=O) groups is 1. The average Bonchev–Trinajstić information content (AvgIpc) is 1.96. The van der Waals surface area contributed by atoms with Crippen molar-refractivity contribution in [2.45, 2.75) is 51.0 Å². The quantitative estimate of drug-likeness (QED) is 0.660. The molecule has 64 valence electrons. The molecule has 1 unspecified atom stereocenters. The van der Waals surface area contributed by atoms with Crippen LogP contribution in [0.15, 0.2) is 0 Å². The Labute approximate surface area is 67.6 Å². The van der Waals surface area contributed by atoms with Crippen LogP contribution in [-0.2, 0) is 4.79 Å². The molecule has 0 bridgehead atoms. The third-order valence-corrected chi connectivity index (χ3v) is 2.43. The van der Waals surface area contributed by atoms with Gasteiger partial charge in [0.25, 0.3) is 0 Å². The number of aliphatic hydroxyl groups is 1. The highest BCUT2D eigenvalue weighted by Crippen LogP contribution is 2.28. The molecule has 1 atom stereocenters. The van der Waals surface area contributed by atoms with E-state index in [1.54, 1.807) is 0 Å². The first kappa shape index (κ1) is 8.72. The van der Waals surface area contributed by atoms with Gasteiger partial charge < -0.3 is 5.11 Å². The van der Waals surface area contributed by atoms with Gasteiger partial charge in [-0.05, 0) is 25.7 Å². The normalized spacial score (nSPS) is 32.4. The van der Waals surface area contributed by atoms with E-state index in [1.807, 2.05) is 6.92 Å². The summed E-state index contributed by atoms with van der Waals surface area (Å²) in [6.07, 6.45) is 4.76. The maximum Gasteiger partial charge on any atom is 0.164 e. The van der Waals surface area contributed by atoms with Crippen molar-refractivity contribution in [2.75, 3.05) is 0 Å². The lowest BCUT2D eigenvalue weighted by atomic mass is 9.81. The van der Waals surface area contributed by atoms with E-state index in [0.717, 1.165) is 19.3 Å². The fourth-order valence-electron chi connectivity index (χ4n) is 1.75. The lowest BCUT2D eigenvalue weighted by Gasteiger charge is -2.29. The summed E-state index contributed by atoms with van der Waals surface area (Å²) in [5.74, 6) is 0.0607. The Bertz CT molecular complexity index is 150. The van der Waals surface area contributed by atoms with Gasteiger partial charge in [0.05, 0.1) is 0 Å². The summed E-state index contributed by atoms with van der Waals surface area (Å²) in [5.41, 5.74) is -0.951. The Balaban J connectivity index is 2.57. The van der Waals surface area contributed by atoms with Gasteiger partial charge in [0.2, 0.25) is 0 Å². The third-order valence-electron chi connectivity index (χ3n) is 2.43. The van der Waals surface area contributed by atoms with Crippen molar-refractivity contribution < 1.29 is 9.90 Å². The summed E-state index contributed by atoms with van der Waals surface area (Å²) in [7, 11) is 0. The molecule has 0 spiro atoms. The molecule has 1 fully saturated rings. The first-order valence-electron chi connectivity index (χ1n) is 4.45. The predicted octanol–water partition coefficient (Wildman–Crippen LogP) is 1.66. The van der Waals surface area contributed by atoms with Gasteiger partial charge >= 0.3 is 0 Å². The molecule has 0 aromatic carbocycles. The summed E-state index contributed by atoms with van der Waals surface area (Å²) >= 11 is 0. The van der Waals surface area contributed by atoms with E-state index < -0.39 is 5.60 Å². The molecule has 0 amide bonds. The van der Waals surface area contributed by atoms with Crippen LogP contribution in [0, 0.1) is 0 Å². The van der Waals surface area contributed by atoms with Crippen molar-refractivity contribution in [3.05, 3.63) is 0 Å². The number of hydrogen-bond acceptors (Lipinski definition) is 2. The zero-order valence-electron chi connectivity index (χ0n) is 7.10. The van der Waals surface area contributed by atoms with Crippen LogP contribution >= 0.6 is 0 Å². The fraction of sp³-hybridized carbons (Fsp3) is 0.889. The molecule has 1 saturated carbocycles. The molecule has 2 heteroatoms. The van der Waals surface area contributed by atoms with Crippen LogP contribution in [0.25, 0.3) is 0 Å². The van der Waals surface area contributed by atoms with Gasteiger partial charge in [-0.3, -0.25) is 4.79 Å². The second kappa shape index (κ2) is 3.35. The standard InChI is InChI=1S/C9H16O2/c1-2-6-9(11)7-4-3-5-8(9)10/h11H,2-7H2,1H3. The SMILES string of the molecule is CCCC1(O)CCCCC1=O. The van der Waals surface area contributed by atoms with E-state index in [4.69, 9.17) is 0 Å². The van der Waals surface area contributed by atoms with E-state index in [0.29, 0.717) is 19.3 Å². The van der Waals surface area contributed by atoms with Crippen LogP contribution in [0.5, 0.6) is 0 Å². The Morgan fingerprint density at radius 2 is 2.27 bits per heavy atom. The lowest BCUT2D eigenvalue weighted by Crippen LogP contribution is -2.40. The van der Waals surface area contributed by atoms with Crippen molar-refractivity contribution in [2.24, 2.45) is 0 Å². The third kappa shape index (κ3) is 1.80. The minimum absolute atomic E-state index is 0.0607. The molecule has 1 aliphatic carbocycles. The largest absolute Gasteiger partial charge is 0.382 e. The van der Waals surface area contributed by atoms with Crippen molar-refractivity contribution >= 4 is 5.78 Å². The monoisotopic (exact) mass is 156 g/mol. The molecule has 0 radical (unpaired) electrons. The highest BCUT2D eigenvalue weighted by Gasteiger charge is 2.36. The summed E-state index contributed by atoms with van der Waals surface area (Å²) in [6.45, 7) is 2.00. The maximum absolute atomic E-state index is 11.3. The van der Waals surface area contributed by atoms with Crippen LogP contribution in [0.1, 0.15) is 45.4 Å². The van der Waals surface area contributed by atoms with Gasteiger partial charge in [0.15, 0.2) is 5.78 Å². The Morgan fingerprint density at radius 3 is 2.82 bits per heavy atom. The van der Waals surface area contributed by atoms with Crippen LogP contribution in [0.2, 0.25) is 0 Å². The van der Waals surface area contributed by atoms with E-state index in [2.05, 4.69) is 0 Å². The molecular weight excluding hydrogens is 140 g/mol. The number of rotatable bonds is 2. The second-order valence-corrected chi connectivity index (χ2v) is 3.41. The smallest absolute Gasteiger partial charge is 0.164 e. The zero-order chi connectivity index (χ0) is 8.32. The van der Waals surface area contributed by atoms with E-state index in [9.17, 15) is 9.90 Å². The summed E-state index contributed by atoms with van der Waals surface area (Å²) in [5, 5.41) is 9.79. The second-order valence-electron chi connectivity index (χ2n) is 3.41. The van der Waals surface area contributed by atoms with Crippen LogP contribution < -0.4 is 0 Å². The molecule has 0 heterocycles. The summed E-state index contributed by atoms with van der Waals surface area (Å²) in [6, 6.07) is 0. The van der Waals surface area contributed by atoms with Crippen molar-refractivity contribution in [3.8, 4) is 0 Å². The molecule has 0 aliphatic heterocycles. The van der Waals surface area contributed by atoms with Gasteiger partial charge in [-0.1, -0.05) is 13.3 Å². The average molecular weight is 156 g/mol. The van der Waals surface area contributed by atoms with Crippen LogP contribution in [0.4, 0.5) is 0 Å². The Kier molecular flexibility index (Phi) is 2.66. The number of ketones is 1. The van der Waals surface area contributed by atoms with Crippen molar-refractivity contribution in [3.63, 3.8) is 0 Å². The lowest BCUT2D eigenvalue weighted by molar-refractivity contribution is -0.141. The van der Waals surface area contributed by atoms with E-state index in [-0.39, 0.29) is 5.78 Å². The van der Waals surface area contributed by atoms with Crippen molar-refractivity contribution in [1.29, 1.82) is 0 Å². The minimum atomic E-state index is -0.951. The highest BCUT2D eigenvalue weighted by molar-refractivity contribution is 5.87. The molecule has 0 aromatic heterocycles. The topological polar surface area (TPSA) is 37.3 Å².